The van der Waals surface area contributed by atoms with Crippen molar-refractivity contribution in [2.24, 2.45) is 11.7 Å². The van der Waals surface area contributed by atoms with Crippen molar-refractivity contribution in [2.75, 3.05) is 10.6 Å². The number of hydrogen-bond donors (Lipinski definition) is 3. The molecule has 0 bridgehead atoms. The number of carbonyl (C=O) groups is 2. The number of amides is 2. The Balaban J connectivity index is 1.58. The van der Waals surface area contributed by atoms with Crippen molar-refractivity contribution in [3.05, 3.63) is 46.7 Å². The second kappa shape index (κ2) is 7.59. The standard InChI is InChI=1S/C18H21N3O2S/c19-15-7-1-4-12(15)10-17(22)20-13-5-2-6-14(11-13)21-18(23)16-8-3-9-24-16/h2-3,5-6,8-9,11-12,15H,1,4,7,10,19H2,(H,20,22)(H,21,23)/t12-,15+/m0/s1. The van der Waals surface area contributed by atoms with Crippen molar-refractivity contribution >= 4 is 34.5 Å². The van der Waals surface area contributed by atoms with Gasteiger partial charge in [-0.3, -0.25) is 9.59 Å². The van der Waals surface area contributed by atoms with Crippen LogP contribution in [-0.2, 0) is 4.79 Å². The Morgan fingerprint density at radius 2 is 1.92 bits per heavy atom. The lowest BCUT2D eigenvalue weighted by atomic mass is 10.00. The predicted molar refractivity (Wildman–Crippen MR) is 97.3 cm³/mol. The molecule has 6 heteroatoms. The van der Waals surface area contributed by atoms with Crippen LogP contribution in [0.5, 0.6) is 0 Å². The minimum absolute atomic E-state index is 0.0286. The van der Waals surface area contributed by atoms with Gasteiger partial charge in [0, 0.05) is 23.8 Å². The molecule has 5 nitrogen and oxygen atoms in total. The molecule has 2 aromatic rings. The molecular formula is C18H21N3O2S. The van der Waals surface area contributed by atoms with E-state index in [0.29, 0.717) is 22.7 Å². The number of hydrogen-bond acceptors (Lipinski definition) is 4. The van der Waals surface area contributed by atoms with Crippen LogP contribution in [0.4, 0.5) is 11.4 Å². The van der Waals surface area contributed by atoms with E-state index in [0.717, 1.165) is 19.3 Å². The van der Waals surface area contributed by atoms with Gasteiger partial charge in [-0.1, -0.05) is 18.6 Å². The molecule has 1 aliphatic carbocycles. The van der Waals surface area contributed by atoms with Gasteiger partial charge in [0.1, 0.15) is 0 Å². The van der Waals surface area contributed by atoms with Crippen LogP contribution in [0.15, 0.2) is 41.8 Å². The van der Waals surface area contributed by atoms with E-state index >= 15 is 0 Å². The van der Waals surface area contributed by atoms with Gasteiger partial charge in [0.05, 0.1) is 4.88 Å². The number of anilines is 2. The minimum atomic E-state index is -0.148. The summed E-state index contributed by atoms with van der Waals surface area (Å²) in [7, 11) is 0. The topological polar surface area (TPSA) is 84.2 Å². The Morgan fingerprint density at radius 1 is 1.12 bits per heavy atom. The SMILES string of the molecule is N[C@@H]1CCC[C@H]1CC(=O)Nc1cccc(NC(=O)c2cccs2)c1. The fourth-order valence-electron chi connectivity index (χ4n) is 3.04. The van der Waals surface area contributed by atoms with Crippen LogP contribution < -0.4 is 16.4 Å². The van der Waals surface area contributed by atoms with Crippen molar-refractivity contribution < 1.29 is 9.59 Å². The number of nitrogens with one attached hydrogen (secondary N) is 2. The zero-order valence-electron chi connectivity index (χ0n) is 13.3. The fraction of sp³-hybridized carbons (Fsp3) is 0.333. The van der Waals surface area contributed by atoms with E-state index in [1.165, 1.54) is 11.3 Å². The highest BCUT2D eigenvalue weighted by molar-refractivity contribution is 7.12. The van der Waals surface area contributed by atoms with Gasteiger partial charge in [-0.05, 0) is 48.4 Å². The second-order valence-electron chi connectivity index (χ2n) is 6.12. The van der Waals surface area contributed by atoms with Gasteiger partial charge in [0.2, 0.25) is 5.91 Å². The van der Waals surface area contributed by atoms with Gasteiger partial charge < -0.3 is 16.4 Å². The summed E-state index contributed by atoms with van der Waals surface area (Å²) in [6, 6.07) is 10.9. The average molecular weight is 343 g/mol. The summed E-state index contributed by atoms with van der Waals surface area (Å²) in [5, 5.41) is 7.59. The maximum Gasteiger partial charge on any atom is 0.265 e. The number of carbonyl (C=O) groups excluding carboxylic acids is 2. The zero-order chi connectivity index (χ0) is 16.9. The molecule has 0 radical (unpaired) electrons. The normalized spacial score (nSPS) is 19.9. The van der Waals surface area contributed by atoms with E-state index in [2.05, 4.69) is 10.6 Å². The average Bonchev–Trinajstić information content (AvgIpc) is 3.20. The Bertz CT molecular complexity index is 715. The molecular weight excluding hydrogens is 322 g/mol. The highest BCUT2D eigenvalue weighted by atomic mass is 32.1. The van der Waals surface area contributed by atoms with E-state index in [-0.39, 0.29) is 23.8 Å². The summed E-state index contributed by atoms with van der Waals surface area (Å²) in [5.41, 5.74) is 7.35. The first-order valence-electron chi connectivity index (χ1n) is 8.12. The molecule has 1 heterocycles. The molecule has 1 fully saturated rings. The first-order valence-corrected chi connectivity index (χ1v) is 9.00. The lowest BCUT2D eigenvalue weighted by molar-refractivity contribution is -0.117. The lowest BCUT2D eigenvalue weighted by Crippen LogP contribution is -2.28. The number of benzene rings is 1. The summed E-state index contributed by atoms with van der Waals surface area (Å²) < 4.78 is 0. The van der Waals surface area contributed by atoms with Gasteiger partial charge in [0.15, 0.2) is 0 Å². The molecule has 3 rings (SSSR count). The Labute approximate surface area is 145 Å². The van der Waals surface area contributed by atoms with E-state index in [1.807, 2.05) is 17.5 Å². The Kier molecular flexibility index (Phi) is 5.27. The van der Waals surface area contributed by atoms with Crippen molar-refractivity contribution in [1.29, 1.82) is 0 Å². The van der Waals surface area contributed by atoms with Crippen molar-refractivity contribution in [3.8, 4) is 0 Å². The third-order valence-electron chi connectivity index (χ3n) is 4.31. The molecule has 0 saturated heterocycles. The van der Waals surface area contributed by atoms with Gasteiger partial charge in [-0.15, -0.1) is 11.3 Å². The summed E-state index contributed by atoms with van der Waals surface area (Å²) in [5.74, 6) is 0.0937. The first-order chi connectivity index (χ1) is 11.6. The van der Waals surface area contributed by atoms with Crippen molar-refractivity contribution in [1.82, 2.24) is 0 Å². The second-order valence-corrected chi connectivity index (χ2v) is 7.07. The number of thiophene rings is 1. The van der Waals surface area contributed by atoms with Gasteiger partial charge in [0.25, 0.3) is 5.91 Å². The van der Waals surface area contributed by atoms with Gasteiger partial charge >= 0.3 is 0 Å². The minimum Gasteiger partial charge on any atom is -0.327 e. The van der Waals surface area contributed by atoms with Crippen molar-refractivity contribution in [3.63, 3.8) is 0 Å². The molecule has 1 aromatic carbocycles. The van der Waals surface area contributed by atoms with Crippen LogP contribution in [0, 0.1) is 5.92 Å². The third-order valence-corrected chi connectivity index (χ3v) is 5.18. The van der Waals surface area contributed by atoms with Crippen LogP contribution in [0.2, 0.25) is 0 Å². The largest absolute Gasteiger partial charge is 0.327 e. The summed E-state index contributed by atoms with van der Waals surface area (Å²) in [6.07, 6.45) is 3.57. The van der Waals surface area contributed by atoms with E-state index in [1.54, 1.807) is 24.3 Å². The zero-order valence-corrected chi connectivity index (χ0v) is 14.1. The molecule has 0 unspecified atom stereocenters. The van der Waals surface area contributed by atoms with Crippen molar-refractivity contribution in [2.45, 2.75) is 31.7 Å². The maximum absolute atomic E-state index is 12.2. The molecule has 1 aromatic heterocycles. The van der Waals surface area contributed by atoms with E-state index in [4.69, 9.17) is 5.73 Å². The Morgan fingerprint density at radius 3 is 2.58 bits per heavy atom. The molecule has 2 amide bonds. The quantitative estimate of drug-likeness (QED) is 0.777. The van der Waals surface area contributed by atoms with Crippen LogP contribution in [0.1, 0.15) is 35.4 Å². The molecule has 126 valence electrons. The third kappa shape index (κ3) is 4.21. The number of rotatable bonds is 5. The summed E-state index contributed by atoms with van der Waals surface area (Å²) in [4.78, 5) is 24.9. The molecule has 1 aliphatic rings. The van der Waals surface area contributed by atoms with Crippen LogP contribution in [0.3, 0.4) is 0 Å². The molecule has 1 saturated carbocycles. The Hall–Kier alpha value is -2.18. The summed E-state index contributed by atoms with van der Waals surface area (Å²) in [6.45, 7) is 0. The van der Waals surface area contributed by atoms with Crippen LogP contribution in [0.25, 0.3) is 0 Å². The highest BCUT2D eigenvalue weighted by Crippen LogP contribution is 2.27. The maximum atomic E-state index is 12.2. The molecule has 4 N–H and O–H groups in total. The van der Waals surface area contributed by atoms with Gasteiger partial charge in [-0.25, -0.2) is 0 Å². The first kappa shape index (κ1) is 16.7. The van der Waals surface area contributed by atoms with E-state index in [9.17, 15) is 9.59 Å². The molecule has 24 heavy (non-hydrogen) atoms. The van der Waals surface area contributed by atoms with Crippen LogP contribution in [-0.4, -0.2) is 17.9 Å². The smallest absolute Gasteiger partial charge is 0.265 e. The van der Waals surface area contributed by atoms with Crippen LogP contribution >= 0.6 is 11.3 Å². The molecule has 0 aliphatic heterocycles. The predicted octanol–water partition coefficient (Wildman–Crippen LogP) is 3.46. The van der Waals surface area contributed by atoms with Gasteiger partial charge in [-0.2, -0.15) is 0 Å². The molecule has 0 spiro atoms. The monoisotopic (exact) mass is 343 g/mol. The summed E-state index contributed by atoms with van der Waals surface area (Å²) >= 11 is 1.39. The highest BCUT2D eigenvalue weighted by Gasteiger charge is 2.26. The lowest BCUT2D eigenvalue weighted by Gasteiger charge is -2.15. The number of nitrogens with two attached hydrogens (primary N) is 1. The molecule has 2 atom stereocenters. The van der Waals surface area contributed by atoms with E-state index < -0.39 is 0 Å². The fourth-order valence-corrected chi connectivity index (χ4v) is 3.66.